The van der Waals surface area contributed by atoms with E-state index < -0.39 is 0 Å². The Kier molecular flexibility index (Phi) is 5.82. The van der Waals surface area contributed by atoms with E-state index in [0.717, 1.165) is 46.6 Å². The van der Waals surface area contributed by atoms with Crippen molar-refractivity contribution in [2.24, 2.45) is 0 Å². The summed E-state index contributed by atoms with van der Waals surface area (Å²) in [7, 11) is 0. The number of nitrogens with one attached hydrogen (secondary N) is 1. The van der Waals surface area contributed by atoms with Crippen LogP contribution in [-0.4, -0.2) is 33.8 Å². The van der Waals surface area contributed by atoms with Gasteiger partial charge in [0.2, 0.25) is 0 Å². The second-order valence-electron chi connectivity index (χ2n) is 8.78. The Bertz CT molecular complexity index is 1270. The number of carbonyl (C=O) groups is 1. The maximum atomic E-state index is 13.2. The molecule has 5 rings (SSSR count). The van der Waals surface area contributed by atoms with E-state index in [1.165, 1.54) is 18.5 Å². The molecule has 1 saturated heterocycles. The Labute approximate surface area is 194 Å². The van der Waals surface area contributed by atoms with E-state index in [4.69, 9.17) is 10.1 Å². The van der Waals surface area contributed by atoms with Gasteiger partial charge in [-0.3, -0.25) is 4.79 Å². The first kappa shape index (κ1) is 21.2. The third-order valence-corrected chi connectivity index (χ3v) is 6.29. The summed E-state index contributed by atoms with van der Waals surface area (Å²) in [6, 6.07) is 20.5. The van der Waals surface area contributed by atoms with Crippen LogP contribution >= 0.6 is 0 Å². The van der Waals surface area contributed by atoms with E-state index in [2.05, 4.69) is 46.6 Å². The van der Waals surface area contributed by atoms with Crippen LogP contribution in [0.2, 0.25) is 0 Å². The van der Waals surface area contributed by atoms with Gasteiger partial charge in [-0.25, -0.2) is 9.67 Å². The molecule has 4 aromatic rings. The highest BCUT2D eigenvalue weighted by atomic mass is 16.1. The molecule has 1 aliphatic rings. The number of carbonyl (C=O) groups excluding carboxylic acids is 1. The van der Waals surface area contributed by atoms with Gasteiger partial charge in [0, 0.05) is 31.0 Å². The second kappa shape index (κ2) is 9.06. The smallest absolute Gasteiger partial charge is 0.252 e. The SMILES string of the molecule is Cc1cc(C(=O)NCc2ccc(N3CCCC3)cc2)c2c(C)nn(Cc3ccccc3)c2n1. The Balaban J connectivity index is 1.36. The standard InChI is InChI=1S/C27H29N5O/c1-19-16-24(25-20(2)30-32(26(25)29-19)18-22-8-4-3-5-9-22)27(33)28-17-21-10-12-23(13-11-21)31-14-6-7-15-31/h3-5,8-13,16H,6-7,14-15,17-18H2,1-2H3,(H,28,33). The van der Waals surface area contributed by atoms with Crippen LogP contribution in [-0.2, 0) is 13.1 Å². The minimum absolute atomic E-state index is 0.100. The van der Waals surface area contributed by atoms with Crippen molar-refractivity contribution in [2.45, 2.75) is 39.8 Å². The number of hydrogen-bond donors (Lipinski definition) is 1. The van der Waals surface area contributed by atoms with Gasteiger partial charge < -0.3 is 10.2 Å². The molecule has 0 aliphatic carbocycles. The molecule has 0 radical (unpaired) electrons. The average molecular weight is 440 g/mol. The quantitative estimate of drug-likeness (QED) is 0.476. The lowest BCUT2D eigenvalue weighted by molar-refractivity contribution is 0.0952. The second-order valence-corrected chi connectivity index (χ2v) is 8.78. The van der Waals surface area contributed by atoms with Crippen LogP contribution in [0.1, 0.15) is 45.7 Å². The van der Waals surface area contributed by atoms with Crippen molar-refractivity contribution in [3.05, 3.63) is 88.7 Å². The molecular formula is C27H29N5O. The summed E-state index contributed by atoms with van der Waals surface area (Å²) in [5, 5.41) is 8.61. The number of fused-ring (bicyclic) bond motifs is 1. The van der Waals surface area contributed by atoms with Gasteiger partial charge in [-0.05, 0) is 56.0 Å². The third kappa shape index (κ3) is 4.46. The van der Waals surface area contributed by atoms with Crippen LogP contribution in [0, 0.1) is 13.8 Å². The molecule has 0 unspecified atom stereocenters. The summed E-state index contributed by atoms with van der Waals surface area (Å²) >= 11 is 0. The van der Waals surface area contributed by atoms with Crippen molar-refractivity contribution in [2.75, 3.05) is 18.0 Å². The first-order valence-corrected chi connectivity index (χ1v) is 11.6. The third-order valence-electron chi connectivity index (χ3n) is 6.29. The van der Waals surface area contributed by atoms with E-state index in [1.807, 2.05) is 42.8 Å². The number of pyridine rings is 1. The normalized spacial score (nSPS) is 13.6. The predicted molar refractivity (Wildman–Crippen MR) is 132 cm³/mol. The highest BCUT2D eigenvalue weighted by Crippen LogP contribution is 2.24. The zero-order chi connectivity index (χ0) is 22.8. The molecule has 33 heavy (non-hydrogen) atoms. The maximum absolute atomic E-state index is 13.2. The molecule has 0 saturated carbocycles. The lowest BCUT2D eigenvalue weighted by Crippen LogP contribution is -2.23. The number of hydrogen-bond acceptors (Lipinski definition) is 4. The number of rotatable bonds is 6. The molecule has 2 aromatic carbocycles. The zero-order valence-electron chi connectivity index (χ0n) is 19.2. The average Bonchev–Trinajstić information content (AvgIpc) is 3.47. The molecule has 1 fully saturated rings. The summed E-state index contributed by atoms with van der Waals surface area (Å²) in [6.07, 6.45) is 2.53. The number of nitrogens with zero attached hydrogens (tertiary/aromatic N) is 4. The van der Waals surface area contributed by atoms with Gasteiger partial charge in [0.15, 0.2) is 5.65 Å². The molecule has 1 amide bonds. The molecule has 1 N–H and O–H groups in total. The molecular weight excluding hydrogens is 410 g/mol. The molecule has 3 heterocycles. The van der Waals surface area contributed by atoms with Gasteiger partial charge in [-0.2, -0.15) is 5.10 Å². The van der Waals surface area contributed by atoms with Gasteiger partial charge in [-0.1, -0.05) is 42.5 Å². The Morgan fingerprint density at radius 3 is 2.42 bits per heavy atom. The fourth-order valence-electron chi connectivity index (χ4n) is 4.60. The highest BCUT2D eigenvalue weighted by Gasteiger charge is 2.19. The number of aryl methyl sites for hydroxylation is 2. The van der Waals surface area contributed by atoms with Crippen molar-refractivity contribution in [3.8, 4) is 0 Å². The topological polar surface area (TPSA) is 63.1 Å². The fraction of sp³-hybridized carbons (Fsp3) is 0.296. The molecule has 0 atom stereocenters. The van der Waals surface area contributed by atoms with Crippen molar-refractivity contribution in [1.82, 2.24) is 20.1 Å². The summed E-state index contributed by atoms with van der Waals surface area (Å²) < 4.78 is 1.89. The zero-order valence-corrected chi connectivity index (χ0v) is 19.2. The van der Waals surface area contributed by atoms with Crippen LogP contribution in [0.3, 0.4) is 0 Å². The minimum Gasteiger partial charge on any atom is -0.372 e. The molecule has 0 bridgehead atoms. The summed E-state index contributed by atoms with van der Waals surface area (Å²) in [4.78, 5) is 20.3. The summed E-state index contributed by atoms with van der Waals surface area (Å²) in [6.45, 7) is 7.22. The Morgan fingerprint density at radius 1 is 0.970 bits per heavy atom. The van der Waals surface area contributed by atoms with Crippen LogP contribution in [0.25, 0.3) is 11.0 Å². The van der Waals surface area contributed by atoms with Crippen molar-refractivity contribution in [3.63, 3.8) is 0 Å². The largest absolute Gasteiger partial charge is 0.372 e. The van der Waals surface area contributed by atoms with Crippen molar-refractivity contribution < 1.29 is 4.79 Å². The van der Waals surface area contributed by atoms with Crippen LogP contribution in [0.4, 0.5) is 5.69 Å². The monoisotopic (exact) mass is 439 g/mol. The lowest BCUT2D eigenvalue weighted by atomic mass is 10.1. The van der Waals surface area contributed by atoms with E-state index in [1.54, 1.807) is 0 Å². The fourth-order valence-corrected chi connectivity index (χ4v) is 4.60. The van der Waals surface area contributed by atoms with E-state index in [0.29, 0.717) is 18.7 Å². The first-order valence-electron chi connectivity index (χ1n) is 11.6. The Morgan fingerprint density at radius 2 is 1.70 bits per heavy atom. The van der Waals surface area contributed by atoms with E-state index in [-0.39, 0.29) is 5.91 Å². The van der Waals surface area contributed by atoms with Gasteiger partial charge in [0.25, 0.3) is 5.91 Å². The Hall–Kier alpha value is -3.67. The van der Waals surface area contributed by atoms with Crippen molar-refractivity contribution in [1.29, 1.82) is 0 Å². The van der Waals surface area contributed by atoms with Crippen LogP contribution in [0.15, 0.2) is 60.7 Å². The molecule has 2 aromatic heterocycles. The molecule has 6 nitrogen and oxygen atoms in total. The van der Waals surface area contributed by atoms with Gasteiger partial charge in [-0.15, -0.1) is 0 Å². The first-order chi connectivity index (χ1) is 16.1. The van der Waals surface area contributed by atoms with E-state index in [9.17, 15) is 4.79 Å². The number of amides is 1. The van der Waals surface area contributed by atoms with Gasteiger partial charge >= 0.3 is 0 Å². The van der Waals surface area contributed by atoms with Gasteiger partial charge in [0.1, 0.15) is 0 Å². The van der Waals surface area contributed by atoms with Crippen LogP contribution in [0.5, 0.6) is 0 Å². The molecule has 6 heteroatoms. The number of aromatic nitrogens is 3. The van der Waals surface area contributed by atoms with Crippen molar-refractivity contribution >= 4 is 22.6 Å². The number of anilines is 1. The summed E-state index contributed by atoms with van der Waals surface area (Å²) in [5.74, 6) is -0.100. The minimum atomic E-state index is -0.100. The predicted octanol–water partition coefficient (Wildman–Crippen LogP) is 4.63. The molecule has 1 aliphatic heterocycles. The summed E-state index contributed by atoms with van der Waals surface area (Å²) in [5.41, 5.74) is 6.48. The number of benzene rings is 2. The molecule has 0 spiro atoms. The molecule has 168 valence electrons. The van der Waals surface area contributed by atoms with Crippen LogP contribution < -0.4 is 10.2 Å². The highest BCUT2D eigenvalue weighted by molar-refractivity contribution is 6.06. The lowest BCUT2D eigenvalue weighted by Gasteiger charge is -2.17. The van der Waals surface area contributed by atoms with Gasteiger partial charge in [0.05, 0.1) is 23.2 Å². The maximum Gasteiger partial charge on any atom is 0.252 e. The van der Waals surface area contributed by atoms with E-state index >= 15 is 0 Å².